The fraction of sp³-hybridized carbons (Fsp3) is 0.818. The van der Waals surface area contributed by atoms with Crippen LogP contribution in [0.5, 0.6) is 0 Å². The van der Waals surface area contributed by atoms with Gasteiger partial charge in [0.15, 0.2) is 0 Å². The smallest absolute Gasteiger partial charge is 0.0598 e. The van der Waals surface area contributed by atoms with Crippen LogP contribution in [0.4, 0.5) is 0 Å². The molecule has 1 aliphatic heterocycles. The van der Waals surface area contributed by atoms with E-state index in [4.69, 9.17) is 11.2 Å². The van der Waals surface area contributed by atoms with Crippen molar-refractivity contribution >= 4 is 0 Å². The summed E-state index contributed by atoms with van der Waals surface area (Å²) in [6.45, 7) is 5.00. The maximum atomic E-state index is 5.67. The van der Waals surface area contributed by atoms with Crippen LogP contribution < -0.4 is 0 Å². The van der Waals surface area contributed by atoms with Crippen molar-refractivity contribution in [3.05, 3.63) is 0 Å². The summed E-state index contributed by atoms with van der Waals surface area (Å²) in [6.07, 6.45) is 8.22. The van der Waals surface area contributed by atoms with Crippen molar-refractivity contribution in [2.24, 2.45) is 0 Å². The standard InChI is InChI=1S/C11H19NO/c1-5-6-12(4)11-7-9(2)13-10(3)8-11/h1,9-11H,6-8H2,2-4H3. The summed E-state index contributed by atoms with van der Waals surface area (Å²) in [6, 6.07) is 0.592. The number of hydrogen-bond donors (Lipinski definition) is 0. The van der Waals surface area contributed by atoms with E-state index in [2.05, 4.69) is 31.7 Å². The minimum atomic E-state index is 0.369. The molecule has 13 heavy (non-hydrogen) atoms. The van der Waals surface area contributed by atoms with Gasteiger partial charge >= 0.3 is 0 Å². The molecular formula is C11H19NO. The number of ether oxygens (including phenoxy) is 1. The number of rotatable bonds is 2. The summed E-state index contributed by atoms with van der Waals surface area (Å²) in [5.74, 6) is 2.68. The Balaban J connectivity index is 2.45. The third-order valence-corrected chi connectivity index (χ3v) is 2.64. The highest BCUT2D eigenvalue weighted by Gasteiger charge is 2.26. The highest BCUT2D eigenvalue weighted by Crippen LogP contribution is 2.22. The molecule has 2 unspecified atom stereocenters. The van der Waals surface area contributed by atoms with Gasteiger partial charge in [0.1, 0.15) is 0 Å². The predicted octanol–water partition coefficient (Wildman–Crippen LogP) is 1.51. The van der Waals surface area contributed by atoms with E-state index in [1.54, 1.807) is 0 Å². The zero-order valence-electron chi connectivity index (χ0n) is 8.79. The van der Waals surface area contributed by atoms with Gasteiger partial charge in [0.2, 0.25) is 0 Å². The Bertz CT molecular complexity index is 187. The molecule has 2 heteroatoms. The van der Waals surface area contributed by atoms with E-state index in [1.165, 1.54) is 0 Å². The van der Waals surface area contributed by atoms with Crippen LogP contribution >= 0.6 is 0 Å². The lowest BCUT2D eigenvalue weighted by atomic mass is 9.99. The van der Waals surface area contributed by atoms with Gasteiger partial charge in [-0.05, 0) is 33.7 Å². The van der Waals surface area contributed by atoms with Crippen molar-refractivity contribution in [3.63, 3.8) is 0 Å². The molecule has 2 nitrogen and oxygen atoms in total. The second-order valence-corrected chi connectivity index (χ2v) is 4.00. The highest BCUT2D eigenvalue weighted by molar-refractivity contribution is 4.90. The van der Waals surface area contributed by atoms with E-state index in [1.807, 2.05) is 0 Å². The zero-order chi connectivity index (χ0) is 9.84. The topological polar surface area (TPSA) is 12.5 Å². The van der Waals surface area contributed by atoms with E-state index in [0.29, 0.717) is 18.2 Å². The molecule has 0 aromatic rings. The van der Waals surface area contributed by atoms with Crippen molar-refractivity contribution in [1.82, 2.24) is 4.90 Å². The van der Waals surface area contributed by atoms with Crippen molar-refractivity contribution in [1.29, 1.82) is 0 Å². The Morgan fingerprint density at radius 1 is 1.38 bits per heavy atom. The molecule has 0 radical (unpaired) electrons. The molecular weight excluding hydrogens is 162 g/mol. The van der Waals surface area contributed by atoms with Crippen molar-refractivity contribution < 1.29 is 4.74 Å². The average molecular weight is 181 g/mol. The summed E-state index contributed by atoms with van der Waals surface area (Å²) < 4.78 is 5.67. The van der Waals surface area contributed by atoms with Gasteiger partial charge < -0.3 is 4.74 Å². The minimum absolute atomic E-state index is 0.369. The second kappa shape index (κ2) is 4.64. The van der Waals surface area contributed by atoms with Crippen molar-refractivity contribution in [2.45, 2.75) is 44.9 Å². The molecule has 0 bridgehead atoms. The van der Waals surface area contributed by atoms with E-state index in [9.17, 15) is 0 Å². The molecule has 74 valence electrons. The summed E-state index contributed by atoms with van der Waals surface area (Å²) in [5.41, 5.74) is 0. The van der Waals surface area contributed by atoms with Crippen molar-refractivity contribution in [2.75, 3.05) is 13.6 Å². The van der Waals surface area contributed by atoms with E-state index >= 15 is 0 Å². The molecule has 1 fully saturated rings. The number of nitrogens with zero attached hydrogens (tertiary/aromatic N) is 1. The van der Waals surface area contributed by atoms with Crippen LogP contribution in [0.2, 0.25) is 0 Å². The molecule has 2 atom stereocenters. The lowest BCUT2D eigenvalue weighted by Gasteiger charge is -2.36. The van der Waals surface area contributed by atoms with Crippen LogP contribution in [0.1, 0.15) is 26.7 Å². The van der Waals surface area contributed by atoms with Gasteiger partial charge in [-0.15, -0.1) is 6.42 Å². The van der Waals surface area contributed by atoms with E-state index in [0.717, 1.165) is 19.4 Å². The Kier molecular flexibility index (Phi) is 3.77. The van der Waals surface area contributed by atoms with Crippen molar-refractivity contribution in [3.8, 4) is 12.3 Å². The van der Waals surface area contributed by atoms with Gasteiger partial charge in [-0.1, -0.05) is 5.92 Å². The molecule has 0 aromatic carbocycles. The van der Waals surface area contributed by atoms with Gasteiger partial charge in [0.05, 0.1) is 18.8 Å². The normalized spacial score (nSPS) is 34.5. The third kappa shape index (κ3) is 3.02. The zero-order valence-corrected chi connectivity index (χ0v) is 8.79. The maximum absolute atomic E-state index is 5.67. The van der Waals surface area contributed by atoms with E-state index in [-0.39, 0.29) is 0 Å². The fourth-order valence-corrected chi connectivity index (χ4v) is 2.00. The van der Waals surface area contributed by atoms with Gasteiger partial charge in [0.25, 0.3) is 0 Å². The number of hydrogen-bond acceptors (Lipinski definition) is 2. The molecule has 1 heterocycles. The molecule has 0 N–H and O–H groups in total. The molecule has 1 aliphatic rings. The molecule has 0 spiro atoms. The Morgan fingerprint density at radius 2 is 1.92 bits per heavy atom. The first-order chi connectivity index (χ1) is 6.13. The van der Waals surface area contributed by atoms with Crippen LogP contribution in [0.15, 0.2) is 0 Å². The number of terminal acetylenes is 1. The molecule has 0 amide bonds. The van der Waals surface area contributed by atoms with Gasteiger partial charge in [0, 0.05) is 6.04 Å². The SMILES string of the molecule is C#CCN(C)C1CC(C)OC(C)C1. The van der Waals surface area contributed by atoms with Gasteiger partial charge in [-0.25, -0.2) is 0 Å². The summed E-state index contributed by atoms with van der Waals surface area (Å²) >= 11 is 0. The first-order valence-electron chi connectivity index (χ1n) is 4.92. The predicted molar refractivity (Wildman–Crippen MR) is 54.5 cm³/mol. The van der Waals surface area contributed by atoms with Gasteiger partial charge in [-0.2, -0.15) is 0 Å². The Hall–Kier alpha value is -0.520. The van der Waals surface area contributed by atoms with Crippen LogP contribution in [0.3, 0.4) is 0 Å². The Morgan fingerprint density at radius 3 is 2.38 bits per heavy atom. The highest BCUT2D eigenvalue weighted by atomic mass is 16.5. The summed E-state index contributed by atoms with van der Waals surface area (Å²) in [5, 5.41) is 0. The lowest BCUT2D eigenvalue weighted by Crippen LogP contribution is -2.42. The quantitative estimate of drug-likeness (QED) is 0.599. The largest absolute Gasteiger partial charge is 0.375 e. The fourth-order valence-electron chi connectivity index (χ4n) is 2.00. The molecule has 0 aromatic heterocycles. The molecule has 1 saturated heterocycles. The van der Waals surface area contributed by atoms with Crippen LogP contribution in [0.25, 0.3) is 0 Å². The van der Waals surface area contributed by atoms with E-state index < -0.39 is 0 Å². The summed E-state index contributed by atoms with van der Waals surface area (Å²) in [4.78, 5) is 2.25. The van der Waals surface area contributed by atoms with Crippen LogP contribution in [0, 0.1) is 12.3 Å². The monoisotopic (exact) mass is 181 g/mol. The van der Waals surface area contributed by atoms with Crippen LogP contribution in [-0.2, 0) is 4.74 Å². The second-order valence-electron chi connectivity index (χ2n) is 4.00. The molecule has 0 saturated carbocycles. The van der Waals surface area contributed by atoms with Gasteiger partial charge in [-0.3, -0.25) is 4.90 Å². The average Bonchev–Trinajstić information content (AvgIpc) is 2.03. The lowest BCUT2D eigenvalue weighted by molar-refractivity contribution is -0.0594. The first-order valence-corrected chi connectivity index (χ1v) is 4.92. The third-order valence-electron chi connectivity index (χ3n) is 2.64. The Labute approximate surface area is 81.3 Å². The minimum Gasteiger partial charge on any atom is -0.375 e. The maximum Gasteiger partial charge on any atom is 0.0598 e. The van der Waals surface area contributed by atoms with Crippen LogP contribution in [-0.4, -0.2) is 36.7 Å². The molecule has 1 rings (SSSR count). The molecule has 0 aliphatic carbocycles. The summed E-state index contributed by atoms with van der Waals surface area (Å²) in [7, 11) is 2.09. The first kappa shape index (κ1) is 10.6.